The van der Waals surface area contributed by atoms with Crippen LogP contribution in [0.1, 0.15) is 0 Å². The van der Waals surface area contributed by atoms with Gasteiger partial charge in [0.2, 0.25) is 0 Å². The van der Waals surface area contributed by atoms with E-state index in [1.54, 1.807) is 24.3 Å². The zero-order valence-corrected chi connectivity index (χ0v) is 14.3. The van der Waals surface area contributed by atoms with Crippen molar-refractivity contribution in [3.63, 3.8) is 0 Å². The number of imide groups is 1. The Kier molecular flexibility index (Phi) is 4.65. The van der Waals surface area contributed by atoms with Crippen molar-refractivity contribution >= 4 is 51.7 Å². The van der Waals surface area contributed by atoms with Crippen molar-refractivity contribution in [3.8, 4) is 0 Å². The van der Waals surface area contributed by atoms with E-state index in [1.807, 2.05) is 18.2 Å². The third kappa shape index (κ3) is 3.73. The molecule has 0 unspecified atom stereocenters. The Morgan fingerprint density at radius 2 is 2.17 bits per heavy atom. The van der Waals surface area contributed by atoms with Gasteiger partial charge in [0.1, 0.15) is 0 Å². The number of rotatable bonds is 1. The molecule has 23 heavy (non-hydrogen) atoms. The van der Waals surface area contributed by atoms with Gasteiger partial charge >= 0.3 is 12.1 Å². The second-order valence-electron chi connectivity index (χ2n) is 4.92. The zero-order chi connectivity index (χ0) is 16.2. The van der Waals surface area contributed by atoms with Crippen molar-refractivity contribution < 1.29 is 9.59 Å². The topological polar surface area (TPSA) is 73.5 Å². The highest BCUT2D eigenvalue weighted by molar-refractivity contribution is 14.1. The van der Waals surface area contributed by atoms with E-state index < -0.39 is 12.1 Å². The zero-order valence-electron chi connectivity index (χ0n) is 12.1. The number of fused-ring (bicyclic) bond motifs is 1. The van der Waals surface area contributed by atoms with Gasteiger partial charge in [-0.3, -0.25) is 10.2 Å². The van der Waals surface area contributed by atoms with E-state index in [-0.39, 0.29) is 0 Å². The Morgan fingerprint density at radius 1 is 1.30 bits per heavy atom. The lowest BCUT2D eigenvalue weighted by Gasteiger charge is -2.29. The summed E-state index contributed by atoms with van der Waals surface area (Å²) in [7, 11) is 0. The number of hydrogen-bond acceptors (Lipinski definition) is 3. The second kappa shape index (κ2) is 6.86. The molecule has 117 valence electrons. The predicted octanol–water partition coefficient (Wildman–Crippen LogP) is 3.26. The Labute approximate surface area is 147 Å². The molecule has 2 aromatic rings. The van der Waals surface area contributed by atoms with Crippen molar-refractivity contribution in [2.24, 2.45) is 0 Å². The third-order valence-electron chi connectivity index (χ3n) is 3.33. The second-order valence-corrected chi connectivity index (χ2v) is 6.16. The summed E-state index contributed by atoms with van der Waals surface area (Å²) in [6, 6.07) is 14.6. The van der Waals surface area contributed by atoms with Crippen molar-refractivity contribution in [1.29, 1.82) is 0 Å². The summed E-state index contributed by atoms with van der Waals surface area (Å²) in [4.78, 5) is 25.9. The van der Waals surface area contributed by atoms with Gasteiger partial charge in [-0.15, -0.1) is 0 Å². The molecule has 1 radical (unpaired) electrons. The van der Waals surface area contributed by atoms with E-state index in [9.17, 15) is 9.59 Å². The smallest absolute Gasteiger partial charge is 0.330 e. The van der Waals surface area contributed by atoms with Crippen molar-refractivity contribution in [2.45, 2.75) is 0 Å². The van der Waals surface area contributed by atoms with E-state index in [4.69, 9.17) is 0 Å². The highest BCUT2D eigenvalue weighted by Gasteiger charge is 2.23. The quantitative estimate of drug-likeness (QED) is 0.619. The number of hydrogen-bond donors (Lipinski definition) is 3. The van der Waals surface area contributed by atoms with Gasteiger partial charge < -0.3 is 10.6 Å². The fraction of sp³-hybridized carbons (Fsp3) is 0.125. The lowest BCUT2D eigenvalue weighted by atomic mass is 10.2. The SMILES string of the molecule is O=C(NC(=O)N1CCNc2c[c]ccc21)Nc1cccc(I)c1. The molecule has 2 aromatic carbocycles. The van der Waals surface area contributed by atoms with Gasteiger partial charge in [-0.2, -0.15) is 0 Å². The number of anilines is 3. The van der Waals surface area contributed by atoms with Gasteiger partial charge in [-0.25, -0.2) is 9.59 Å². The molecule has 0 saturated heterocycles. The van der Waals surface area contributed by atoms with Crippen LogP contribution in [0.5, 0.6) is 0 Å². The number of urea groups is 2. The average Bonchev–Trinajstić information content (AvgIpc) is 2.54. The van der Waals surface area contributed by atoms with Crippen LogP contribution >= 0.6 is 22.6 Å². The molecule has 4 amide bonds. The van der Waals surface area contributed by atoms with Gasteiger partial charge in [-0.05, 0) is 59.0 Å². The molecule has 6 nitrogen and oxygen atoms in total. The van der Waals surface area contributed by atoms with Crippen LogP contribution in [-0.4, -0.2) is 25.2 Å². The summed E-state index contributed by atoms with van der Waals surface area (Å²) in [5.41, 5.74) is 2.19. The van der Waals surface area contributed by atoms with Gasteiger partial charge in [-0.1, -0.05) is 12.1 Å². The number of carbonyl (C=O) groups is 2. The van der Waals surface area contributed by atoms with Gasteiger partial charge in [0.15, 0.2) is 0 Å². The van der Waals surface area contributed by atoms with E-state index in [0.29, 0.717) is 18.8 Å². The Hall–Kier alpha value is -2.29. The minimum Gasteiger partial charge on any atom is -0.382 e. The van der Waals surface area contributed by atoms with Crippen molar-refractivity contribution in [2.75, 3.05) is 28.6 Å². The van der Waals surface area contributed by atoms with Gasteiger partial charge in [0.05, 0.1) is 11.4 Å². The molecule has 7 heteroatoms. The third-order valence-corrected chi connectivity index (χ3v) is 4.00. The first-order valence-corrected chi connectivity index (χ1v) is 8.10. The molecule has 0 fully saturated rings. The normalized spacial score (nSPS) is 12.8. The highest BCUT2D eigenvalue weighted by atomic mass is 127. The maximum atomic E-state index is 12.3. The molecule has 0 aromatic heterocycles. The maximum absolute atomic E-state index is 12.3. The van der Waals surface area contributed by atoms with Crippen LogP contribution in [0.4, 0.5) is 26.7 Å². The first kappa shape index (κ1) is 15.6. The molecule has 1 aliphatic heterocycles. The summed E-state index contributed by atoms with van der Waals surface area (Å²) in [6.07, 6.45) is 0. The molecule has 3 N–H and O–H groups in total. The minimum atomic E-state index is -0.556. The number of nitrogens with one attached hydrogen (secondary N) is 3. The van der Waals surface area contributed by atoms with Gasteiger partial charge in [0.25, 0.3) is 0 Å². The Balaban J connectivity index is 1.67. The first-order valence-electron chi connectivity index (χ1n) is 7.02. The molecule has 0 spiro atoms. The summed E-state index contributed by atoms with van der Waals surface area (Å²) in [5, 5.41) is 8.20. The standard InChI is InChI=1S/C16H14IN4O2/c17-11-4-3-5-12(10-11)19-15(22)20-16(23)21-9-8-18-13-6-1-2-7-14(13)21/h2-7,10,18H,8-9H2,(H2,19,20,22,23). The van der Waals surface area contributed by atoms with Crippen molar-refractivity contribution in [1.82, 2.24) is 5.32 Å². The number of benzene rings is 2. The summed E-state index contributed by atoms with van der Waals surface area (Å²) in [5.74, 6) is 0. The number of nitrogens with zero attached hydrogens (tertiary/aromatic N) is 1. The minimum absolute atomic E-state index is 0.456. The molecule has 0 saturated carbocycles. The van der Waals surface area contributed by atoms with E-state index >= 15 is 0 Å². The molecular formula is C16H14IN4O2. The molecular weight excluding hydrogens is 407 g/mol. The van der Waals surface area contributed by atoms with Crippen LogP contribution in [0.3, 0.4) is 0 Å². The Bertz CT molecular complexity index is 750. The fourth-order valence-electron chi connectivity index (χ4n) is 2.33. The van der Waals surface area contributed by atoms with E-state index in [1.165, 1.54) is 4.90 Å². The average molecular weight is 421 g/mol. The van der Waals surface area contributed by atoms with Gasteiger partial charge in [0, 0.05) is 22.3 Å². The molecule has 0 aliphatic carbocycles. The first-order chi connectivity index (χ1) is 11.1. The monoisotopic (exact) mass is 421 g/mol. The van der Waals surface area contributed by atoms with Crippen LogP contribution in [0.2, 0.25) is 0 Å². The highest BCUT2D eigenvalue weighted by Crippen LogP contribution is 2.28. The number of amides is 4. The van der Waals surface area contributed by atoms with Crippen LogP contribution < -0.4 is 20.9 Å². The lowest BCUT2D eigenvalue weighted by molar-refractivity contribution is 0.236. The fourth-order valence-corrected chi connectivity index (χ4v) is 2.87. The summed E-state index contributed by atoms with van der Waals surface area (Å²) in [6.45, 7) is 1.11. The van der Waals surface area contributed by atoms with Crippen LogP contribution in [-0.2, 0) is 0 Å². The number of halogens is 1. The number of carbonyl (C=O) groups excluding carboxylic acids is 2. The van der Waals surface area contributed by atoms with Crippen LogP contribution in [0.15, 0.2) is 42.5 Å². The van der Waals surface area contributed by atoms with Crippen LogP contribution in [0.25, 0.3) is 0 Å². The largest absolute Gasteiger partial charge is 0.382 e. The molecule has 3 rings (SSSR count). The molecule has 1 heterocycles. The molecule has 0 atom stereocenters. The summed E-state index contributed by atoms with van der Waals surface area (Å²) >= 11 is 2.16. The summed E-state index contributed by atoms with van der Waals surface area (Å²) < 4.78 is 0.999. The van der Waals surface area contributed by atoms with Crippen molar-refractivity contribution in [3.05, 3.63) is 52.1 Å². The predicted molar refractivity (Wildman–Crippen MR) is 97.8 cm³/mol. The maximum Gasteiger partial charge on any atom is 0.330 e. The molecule has 0 bridgehead atoms. The Morgan fingerprint density at radius 3 is 3.00 bits per heavy atom. The van der Waals surface area contributed by atoms with E-state index in [0.717, 1.165) is 14.9 Å². The molecule has 1 aliphatic rings. The lowest BCUT2D eigenvalue weighted by Crippen LogP contribution is -2.48. The van der Waals surface area contributed by atoms with Crippen LogP contribution in [0, 0.1) is 9.64 Å². The van der Waals surface area contributed by atoms with E-state index in [2.05, 4.69) is 44.6 Å².